The van der Waals surface area contributed by atoms with E-state index in [1.807, 2.05) is 0 Å². The monoisotopic (exact) mass is 1850 g/mol. The highest BCUT2D eigenvalue weighted by molar-refractivity contribution is 6.18. The van der Waals surface area contributed by atoms with Crippen molar-refractivity contribution in [3.63, 3.8) is 0 Å². The molecule has 678 valence electrons. The zero-order chi connectivity index (χ0) is 95.6. The van der Waals surface area contributed by atoms with Crippen LogP contribution in [0, 0.1) is 0 Å². The molecule has 4 aromatic heterocycles. The van der Waals surface area contributed by atoms with Crippen molar-refractivity contribution in [3.05, 3.63) is 572 Å². The molecule has 0 radical (unpaired) electrons. The van der Waals surface area contributed by atoms with Gasteiger partial charge in [0.05, 0.1) is 66.7 Å². The van der Waals surface area contributed by atoms with Crippen molar-refractivity contribution in [2.24, 2.45) is 0 Å². The molecule has 2 unspecified atom stereocenters. The summed E-state index contributed by atoms with van der Waals surface area (Å²) >= 11 is 0. The molecule has 6 heterocycles. The van der Waals surface area contributed by atoms with Crippen LogP contribution in [0.15, 0.2) is 532 Å². The first-order valence-corrected chi connectivity index (χ1v) is 50.6. The van der Waals surface area contributed by atoms with Crippen molar-refractivity contribution in [3.8, 4) is 117 Å². The molecule has 2 spiro atoms. The van der Waals surface area contributed by atoms with Gasteiger partial charge in [0.1, 0.15) is 11.2 Å². The molecule has 6 heteroatoms. The van der Waals surface area contributed by atoms with Crippen LogP contribution in [0.5, 0.6) is 0 Å². The number of rotatable bonds is 14. The summed E-state index contributed by atoms with van der Waals surface area (Å²) in [4.78, 5) is 4.99. The van der Waals surface area contributed by atoms with Crippen LogP contribution in [0.2, 0.25) is 0 Å². The maximum absolute atomic E-state index is 7.18. The molecule has 2 atom stereocenters. The lowest BCUT2D eigenvalue weighted by molar-refractivity contribution is 0.670. The third-order valence-corrected chi connectivity index (χ3v) is 32.3. The fourth-order valence-electron chi connectivity index (χ4n) is 26.2. The minimum Gasteiger partial charge on any atom is -0.455 e. The quantitative estimate of drug-likeness (QED) is 0.109. The van der Waals surface area contributed by atoms with E-state index in [9.17, 15) is 0 Å². The van der Waals surface area contributed by atoms with Crippen LogP contribution in [0.4, 0.5) is 34.1 Å². The standard InChI is InChI=1S/C140H87N5O/c1-4-33-89(34-5-1)100-39-10-12-41-103(100)107-45-16-24-59-127(107)141(96-72-65-88(66-73-96)92-70-81-131-117(83-92)110-48-19-26-61-129(110)143(131)95-37-8-3-9-38-95)98-76-80-122-116(86-98)106-44-15-21-54-120(106)140(122)124-56-23-29-64-133(124)145-134-85-94(69-78-111(134)113-51-32-58-126(140)137(113)145)93-71-82-135-118(84-93)114-52-30-49-102(138(114)146-135)91-67-74-97(75-68-91)142(128-60-25-17-46-108(128)104-42-13-11-40-101(104)90-35-6-2-7-36-90)99-77-79-121-115(87-99)105-43-14-20-53-119(105)139(121)123-55-22-28-63-132(123)144-130-62-27-18-47-109(130)112-50-31-57-125(139)136(112)144/h1-87H. The minimum absolute atomic E-state index is 0.602. The van der Waals surface area contributed by atoms with E-state index in [1.54, 1.807) is 0 Å². The molecule has 0 saturated carbocycles. The van der Waals surface area contributed by atoms with Crippen LogP contribution in [-0.2, 0) is 10.8 Å². The molecular weight excluding hydrogens is 1770 g/mol. The topological polar surface area (TPSA) is 34.4 Å². The van der Waals surface area contributed by atoms with Gasteiger partial charge < -0.3 is 27.9 Å². The Morgan fingerprint density at radius 3 is 1.10 bits per heavy atom. The number of nitrogens with zero attached hydrogens (tertiary/aromatic N) is 5. The molecule has 4 aliphatic rings. The predicted molar refractivity (Wildman–Crippen MR) is 606 cm³/mol. The molecule has 0 fully saturated rings. The van der Waals surface area contributed by atoms with Crippen molar-refractivity contribution in [2.75, 3.05) is 9.80 Å². The van der Waals surface area contributed by atoms with Crippen LogP contribution in [0.1, 0.15) is 44.5 Å². The highest BCUT2D eigenvalue weighted by Crippen LogP contribution is 2.65. The summed E-state index contributed by atoms with van der Waals surface area (Å²) < 4.78 is 14.7. The zero-order valence-corrected chi connectivity index (χ0v) is 79.4. The second kappa shape index (κ2) is 31.7. The second-order valence-electron chi connectivity index (χ2n) is 39.4. The zero-order valence-electron chi connectivity index (χ0n) is 79.4. The van der Waals surface area contributed by atoms with E-state index in [4.69, 9.17) is 4.42 Å². The molecule has 146 heavy (non-hydrogen) atoms. The molecule has 0 amide bonds. The lowest BCUT2D eigenvalue weighted by Gasteiger charge is -2.39. The summed E-state index contributed by atoms with van der Waals surface area (Å²) in [6.45, 7) is 0. The fraction of sp³-hybridized carbons (Fsp3) is 0.0143. The average Bonchev–Trinajstić information content (AvgIpc) is 1.50. The summed E-state index contributed by atoms with van der Waals surface area (Å²) in [6.07, 6.45) is 0. The van der Waals surface area contributed by atoms with E-state index in [1.165, 1.54) is 160 Å². The van der Waals surface area contributed by atoms with Gasteiger partial charge in [-0.15, -0.1) is 0 Å². The van der Waals surface area contributed by atoms with Gasteiger partial charge in [0.25, 0.3) is 0 Å². The summed E-state index contributed by atoms with van der Waals surface area (Å²) in [5.74, 6) is 0. The van der Waals surface area contributed by atoms with Gasteiger partial charge in [-0.3, -0.25) is 0 Å². The van der Waals surface area contributed by atoms with Gasteiger partial charge in [0.2, 0.25) is 0 Å². The molecular formula is C140H87N5O. The Kier molecular flexibility index (Phi) is 17.7. The van der Waals surface area contributed by atoms with Crippen molar-refractivity contribution >= 4 is 121 Å². The average molecular weight is 1860 g/mol. The molecule has 23 aromatic carbocycles. The number of hydrogen-bond acceptors (Lipinski definition) is 3. The number of furan rings is 1. The largest absolute Gasteiger partial charge is 0.455 e. The second-order valence-corrected chi connectivity index (χ2v) is 39.4. The van der Waals surface area contributed by atoms with Gasteiger partial charge in [0, 0.05) is 88.2 Å². The summed E-state index contributed by atoms with van der Waals surface area (Å²) in [5.41, 5.74) is 48.5. The number of hydrogen-bond donors (Lipinski definition) is 0. The van der Waals surface area contributed by atoms with Crippen LogP contribution in [0.25, 0.3) is 205 Å². The number of aromatic nitrogens is 3. The van der Waals surface area contributed by atoms with Crippen LogP contribution < -0.4 is 9.80 Å². The Hall–Kier alpha value is -19.1. The normalized spacial score (nSPS) is 14.4. The van der Waals surface area contributed by atoms with E-state index < -0.39 is 10.8 Å². The first-order chi connectivity index (χ1) is 72.5. The Balaban J connectivity index is 0.514. The lowest BCUT2D eigenvalue weighted by atomic mass is 9.65. The minimum atomic E-state index is -0.689. The number of para-hydroxylation sites is 10. The molecule has 0 N–H and O–H groups in total. The molecule has 31 rings (SSSR count). The maximum atomic E-state index is 7.18. The Bertz CT molecular complexity index is 10200. The van der Waals surface area contributed by atoms with Gasteiger partial charge >= 0.3 is 0 Å². The molecule has 6 nitrogen and oxygen atoms in total. The Morgan fingerprint density at radius 2 is 0.527 bits per heavy atom. The fourth-order valence-corrected chi connectivity index (χ4v) is 26.2. The number of anilines is 6. The van der Waals surface area contributed by atoms with Gasteiger partial charge in [-0.05, 0) is 255 Å². The van der Waals surface area contributed by atoms with E-state index in [0.29, 0.717) is 0 Å². The Morgan fingerprint density at radius 1 is 0.171 bits per heavy atom. The van der Waals surface area contributed by atoms with Crippen LogP contribution in [0.3, 0.4) is 0 Å². The Labute approximate surface area is 843 Å². The van der Waals surface area contributed by atoms with E-state index in [2.05, 4.69) is 551 Å². The van der Waals surface area contributed by atoms with Crippen molar-refractivity contribution < 1.29 is 4.42 Å². The third kappa shape index (κ3) is 11.6. The molecule has 2 aliphatic heterocycles. The van der Waals surface area contributed by atoms with E-state index >= 15 is 0 Å². The summed E-state index contributed by atoms with van der Waals surface area (Å²) in [7, 11) is 0. The van der Waals surface area contributed by atoms with Gasteiger partial charge in [-0.2, -0.15) is 0 Å². The van der Waals surface area contributed by atoms with Gasteiger partial charge in [0.15, 0.2) is 0 Å². The van der Waals surface area contributed by atoms with Crippen molar-refractivity contribution in [1.82, 2.24) is 13.7 Å². The highest BCUT2D eigenvalue weighted by Gasteiger charge is 2.53. The molecule has 0 bridgehead atoms. The maximum Gasteiger partial charge on any atom is 0.143 e. The summed E-state index contributed by atoms with van der Waals surface area (Å²) in [5, 5.41) is 9.53. The first-order valence-electron chi connectivity index (χ1n) is 50.6. The van der Waals surface area contributed by atoms with Crippen molar-refractivity contribution in [2.45, 2.75) is 10.8 Å². The van der Waals surface area contributed by atoms with Crippen molar-refractivity contribution in [1.29, 1.82) is 0 Å². The van der Waals surface area contributed by atoms with Gasteiger partial charge in [-0.1, -0.05) is 400 Å². The number of fused-ring (bicyclic) bond motifs is 30. The van der Waals surface area contributed by atoms with E-state index in [-0.39, 0.29) is 0 Å². The SMILES string of the molecule is c1ccc(-c2ccccc2-c2ccccc2N(c2ccc(-c3cccc4c3oc3ccc(-c5ccc6c7cccc8c7n(c6c5)-c5ccccc5C85c6ccccc6-c6cc(N(c7ccc(-c8ccc9c(c8)c8ccccc8n9-c8ccccc8)cc7)c7ccccc7-c7ccccc7-c7ccccc7)ccc65)cc34)cc2)c2ccc3c(c2)-c2ccccc2C32c3ccccc3-n3c4ccccc4c4cccc2c43)cc1. The molecule has 27 aromatic rings. The van der Waals surface area contributed by atoms with Gasteiger partial charge in [-0.25, -0.2) is 0 Å². The van der Waals surface area contributed by atoms with E-state index in [0.717, 1.165) is 123 Å². The molecule has 0 saturated heterocycles. The first kappa shape index (κ1) is 81.7. The predicted octanol–water partition coefficient (Wildman–Crippen LogP) is 36.8. The number of benzene rings is 23. The highest BCUT2D eigenvalue weighted by atomic mass is 16.3. The summed E-state index contributed by atoms with van der Waals surface area (Å²) in [6, 6.07) is 197. The van der Waals surface area contributed by atoms with Crippen LogP contribution in [-0.4, -0.2) is 13.7 Å². The van der Waals surface area contributed by atoms with Crippen LogP contribution >= 0.6 is 0 Å². The molecule has 2 aliphatic carbocycles. The third-order valence-electron chi connectivity index (χ3n) is 32.3. The lowest BCUT2D eigenvalue weighted by Crippen LogP contribution is -2.33. The smallest absolute Gasteiger partial charge is 0.143 e.